The van der Waals surface area contributed by atoms with Gasteiger partial charge in [-0.1, -0.05) is 54.4 Å². The van der Waals surface area contributed by atoms with Crippen LogP contribution in [0.2, 0.25) is 10.0 Å². The number of aromatic nitrogens is 4. The molecule has 156 valence electrons. The van der Waals surface area contributed by atoms with Crippen LogP contribution in [0.3, 0.4) is 0 Å². The van der Waals surface area contributed by atoms with Crippen molar-refractivity contribution in [2.45, 2.75) is 40.0 Å². The molecule has 0 fully saturated rings. The minimum atomic E-state index is 0.352. The van der Waals surface area contributed by atoms with Gasteiger partial charge in [0.05, 0.1) is 17.7 Å². The Labute approximate surface area is 187 Å². The van der Waals surface area contributed by atoms with Gasteiger partial charge in [0, 0.05) is 34.8 Å². The first-order chi connectivity index (χ1) is 14.4. The normalized spacial score (nSPS) is 11.7. The van der Waals surface area contributed by atoms with E-state index >= 15 is 0 Å². The minimum Gasteiger partial charge on any atom is -0.351 e. The topological polar surface area (TPSA) is 57.4 Å². The van der Waals surface area contributed by atoms with Crippen molar-refractivity contribution < 1.29 is 0 Å². The Morgan fingerprint density at radius 1 is 0.967 bits per heavy atom. The molecule has 2 aromatic heterocycles. The largest absolute Gasteiger partial charge is 0.351 e. The smallest absolute Gasteiger partial charge is 0.103 e. The molecular formula is C24H26Cl2N4. The van der Waals surface area contributed by atoms with Gasteiger partial charge >= 0.3 is 0 Å². The summed E-state index contributed by atoms with van der Waals surface area (Å²) in [7, 11) is 0. The van der Waals surface area contributed by atoms with Crippen LogP contribution in [0.4, 0.5) is 0 Å². The summed E-state index contributed by atoms with van der Waals surface area (Å²) in [6, 6.07) is 12.0. The Balaban J connectivity index is 0.000000172. The second-order valence-corrected chi connectivity index (χ2v) is 8.17. The highest BCUT2D eigenvalue weighted by Crippen LogP contribution is 2.27. The number of imidazole rings is 2. The summed E-state index contributed by atoms with van der Waals surface area (Å²) in [6.07, 6.45) is 6.13. The molecule has 2 aromatic carbocycles. The Kier molecular flexibility index (Phi) is 7.35. The average molecular weight is 441 g/mol. The lowest BCUT2D eigenvalue weighted by Gasteiger charge is -2.14. The van der Waals surface area contributed by atoms with E-state index in [0.29, 0.717) is 22.4 Å². The van der Waals surface area contributed by atoms with E-state index in [1.165, 1.54) is 16.7 Å². The zero-order valence-corrected chi connectivity index (χ0v) is 19.1. The van der Waals surface area contributed by atoms with E-state index in [1.54, 1.807) is 6.33 Å². The summed E-state index contributed by atoms with van der Waals surface area (Å²) >= 11 is 12.0. The maximum absolute atomic E-state index is 6.02. The Hall–Kier alpha value is -2.56. The van der Waals surface area contributed by atoms with Gasteiger partial charge in [-0.05, 0) is 55.2 Å². The van der Waals surface area contributed by atoms with Crippen molar-refractivity contribution in [2.24, 2.45) is 0 Å². The number of benzene rings is 2. The molecule has 4 nitrogen and oxygen atoms in total. The summed E-state index contributed by atoms with van der Waals surface area (Å²) in [5.41, 5.74) is 7.05. The van der Waals surface area contributed by atoms with E-state index in [1.807, 2.05) is 37.5 Å². The maximum Gasteiger partial charge on any atom is 0.103 e. The third-order valence-corrected chi connectivity index (χ3v) is 5.97. The van der Waals surface area contributed by atoms with Gasteiger partial charge in [-0.3, -0.25) is 0 Å². The molecule has 1 unspecified atom stereocenters. The van der Waals surface area contributed by atoms with Crippen molar-refractivity contribution >= 4 is 23.2 Å². The van der Waals surface area contributed by atoms with Crippen LogP contribution in [0.1, 0.15) is 52.3 Å². The second kappa shape index (κ2) is 9.96. The standard InChI is InChI=1S/C14H18N2.C10H8Cl2N2/c1-9-6-5-7-13(10(9)2)11(3)14-8-15-12(4)16-14;11-9-2-1-3-10(12)8(9)4-7-5-13-6-14-7/h5-8,11H,1-4H3,(H,15,16);1-3,5-6H,4H2,(H,13,14). The number of aromatic amines is 2. The summed E-state index contributed by atoms with van der Waals surface area (Å²) < 4.78 is 0. The number of H-pyrrole nitrogens is 2. The van der Waals surface area contributed by atoms with Gasteiger partial charge in [0.2, 0.25) is 0 Å². The highest BCUT2D eigenvalue weighted by molar-refractivity contribution is 6.36. The molecular weight excluding hydrogens is 415 g/mol. The Morgan fingerprint density at radius 3 is 2.27 bits per heavy atom. The lowest BCUT2D eigenvalue weighted by Crippen LogP contribution is -2.00. The first-order valence-corrected chi connectivity index (χ1v) is 10.6. The van der Waals surface area contributed by atoms with E-state index in [0.717, 1.165) is 22.8 Å². The van der Waals surface area contributed by atoms with Crippen LogP contribution in [0.5, 0.6) is 0 Å². The quantitative estimate of drug-likeness (QED) is 0.366. The first kappa shape index (κ1) is 22.1. The van der Waals surface area contributed by atoms with Crippen LogP contribution in [0.25, 0.3) is 0 Å². The fourth-order valence-electron chi connectivity index (χ4n) is 3.33. The van der Waals surface area contributed by atoms with Crippen molar-refractivity contribution in [1.82, 2.24) is 19.9 Å². The van der Waals surface area contributed by atoms with Gasteiger partial charge in [0.25, 0.3) is 0 Å². The van der Waals surface area contributed by atoms with Crippen LogP contribution in [0, 0.1) is 20.8 Å². The summed E-state index contributed by atoms with van der Waals surface area (Å²) in [5.74, 6) is 1.33. The summed E-state index contributed by atoms with van der Waals surface area (Å²) in [4.78, 5) is 14.7. The number of halogens is 2. The third kappa shape index (κ3) is 5.32. The van der Waals surface area contributed by atoms with Crippen LogP contribution < -0.4 is 0 Å². The highest BCUT2D eigenvalue weighted by atomic mass is 35.5. The number of nitrogens with one attached hydrogen (secondary N) is 2. The van der Waals surface area contributed by atoms with Crippen LogP contribution in [0.15, 0.2) is 55.1 Å². The maximum atomic E-state index is 6.02. The zero-order valence-electron chi connectivity index (χ0n) is 17.6. The van der Waals surface area contributed by atoms with Crippen molar-refractivity contribution in [3.05, 3.63) is 105 Å². The van der Waals surface area contributed by atoms with Gasteiger partial charge in [0.1, 0.15) is 5.82 Å². The summed E-state index contributed by atoms with van der Waals surface area (Å²) in [6.45, 7) is 8.53. The SMILES string of the molecule is Cc1nc(C(C)c2cccc(C)c2C)c[nH]1.Clc1cccc(Cl)c1Cc1c[nH]cn1. The lowest BCUT2D eigenvalue weighted by molar-refractivity contribution is 0.866. The van der Waals surface area contributed by atoms with E-state index in [4.69, 9.17) is 23.2 Å². The predicted octanol–water partition coefficient (Wildman–Crippen LogP) is 6.79. The van der Waals surface area contributed by atoms with Crippen LogP contribution >= 0.6 is 23.2 Å². The number of rotatable bonds is 4. The molecule has 6 heteroatoms. The molecule has 0 saturated carbocycles. The monoisotopic (exact) mass is 440 g/mol. The molecule has 0 saturated heterocycles. The van der Waals surface area contributed by atoms with Crippen molar-refractivity contribution in [1.29, 1.82) is 0 Å². The van der Waals surface area contributed by atoms with E-state index in [-0.39, 0.29) is 0 Å². The minimum absolute atomic E-state index is 0.352. The highest BCUT2D eigenvalue weighted by Gasteiger charge is 2.14. The summed E-state index contributed by atoms with van der Waals surface area (Å²) in [5, 5.41) is 1.36. The van der Waals surface area contributed by atoms with Crippen molar-refractivity contribution in [2.75, 3.05) is 0 Å². The third-order valence-electron chi connectivity index (χ3n) is 5.26. The molecule has 2 N–H and O–H groups in total. The van der Waals surface area contributed by atoms with Crippen LogP contribution in [-0.4, -0.2) is 19.9 Å². The van der Waals surface area contributed by atoms with Crippen molar-refractivity contribution in [3.8, 4) is 0 Å². The fraction of sp³-hybridized carbons (Fsp3) is 0.250. The Morgan fingerprint density at radius 2 is 1.67 bits per heavy atom. The first-order valence-electron chi connectivity index (χ1n) is 9.85. The van der Waals surface area contributed by atoms with Crippen molar-refractivity contribution in [3.63, 3.8) is 0 Å². The van der Waals surface area contributed by atoms with Gasteiger partial charge in [0.15, 0.2) is 0 Å². The number of hydrogen-bond acceptors (Lipinski definition) is 2. The molecule has 0 aliphatic carbocycles. The molecule has 0 bridgehead atoms. The van der Waals surface area contributed by atoms with Gasteiger partial charge in [-0.25, -0.2) is 9.97 Å². The average Bonchev–Trinajstić information content (AvgIpc) is 3.39. The lowest BCUT2D eigenvalue weighted by atomic mass is 9.92. The van der Waals surface area contributed by atoms with Gasteiger partial charge < -0.3 is 9.97 Å². The zero-order chi connectivity index (χ0) is 21.7. The molecule has 0 spiro atoms. The second-order valence-electron chi connectivity index (χ2n) is 7.36. The number of hydrogen-bond donors (Lipinski definition) is 2. The van der Waals surface area contributed by atoms with Crippen LogP contribution in [-0.2, 0) is 6.42 Å². The van der Waals surface area contributed by atoms with Gasteiger partial charge in [-0.2, -0.15) is 0 Å². The molecule has 1 atom stereocenters. The Bertz CT molecular complexity index is 1080. The van der Waals surface area contributed by atoms with Gasteiger partial charge in [-0.15, -0.1) is 0 Å². The predicted molar refractivity (Wildman–Crippen MR) is 125 cm³/mol. The van der Waals surface area contributed by atoms with E-state index in [2.05, 4.69) is 58.9 Å². The molecule has 0 aliphatic rings. The molecule has 4 rings (SSSR count). The molecule has 30 heavy (non-hydrogen) atoms. The number of nitrogens with zero attached hydrogens (tertiary/aromatic N) is 2. The molecule has 0 amide bonds. The molecule has 0 aliphatic heterocycles. The molecule has 0 radical (unpaired) electrons. The van der Waals surface area contributed by atoms with E-state index in [9.17, 15) is 0 Å². The molecule has 2 heterocycles. The molecule has 4 aromatic rings. The fourth-order valence-corrected chi connectivity index (χ4v) is 3.86. The van der Waals surface area contributed by atoms with E-state index < -0.39 is 0 Å². The number of aryl methyl sites for hydroxylation is 2.